The molecule has 0 aliphatic rings. The van der Waals surface area contributed by atoms with E-state index in [0.717, 1.165) is 15.8 Å². The Hall–Kier alpha value is -2.65. The summed E-state index contributed by atoms with van der Waals surface area (Å²) in [7, 11) is -3.96. The van der Waals surface area contributed by atoms with Crippen LogP contribution in [0, 0.1) is 6.92 Å². The molecule has 9 heteroatoms. The zero-order valence-electron chi connectivity index (χ0n) is 15.1. The molecule has 0 saturated carbocycles. The first-order chi connectivity index (χ1) is 12.8. The maximum Gasteiger partial charge on any atom is 0.267 e. The maximum absolute atomic E-state index is 12.9. The number of anilines is 2. The molecule has 0 bridgehead atoms. The van der Waals surface area contributed by atoms with E-state index in [0.29, 0.717) is 12.3 Å². The van der Waals surface area contributed by atoms with E-state index in [1.165, 1.54) is 30.4 Å². The van der Waals surface area contributed by atoms with E-state index < -0.39 is 10.0 Å². The molecular formula is C18H19N3O4S2. The van der Waals surface area contributed by atoms with Gasteiger partial charge in [0.1, 0.15) is 10.6 Å². The van der Waals surface area contributed by atoms with Crippen molar-refractivity contribution in [2.45, 2.75) is 25.7 Å². The molecule has 0 atom stereocenters. The number of rotatable bonds is 6. The van der Waals surface area contributed by atoms with Gasteiger partial charge in [-0.3, -0.25) is 9.52 Å². The molecule has 7 nitrogen and oxygen atoms in total. The number of carbonyl (C=O) groups excluding carboxylic acids is 1. The first kappa shape index (κ1) is 19.1. The third-order valence-corrected chi connectivity index (χ3v) is 6.04. The van der Waals surface area contributed by atoms with Gasteiger partial charge in [-0.1, -0.05) is 17.4 Å². The van der Waals surface area contributed by atoms with Crippen LogP contribution in [0.25, 0.3) is 10.2 Å². The molecule has 27 heavy (non-hydrogen) atoms. The summed E-state index contributed by atoms with van der Waals surface area (Å²) < 4.78 is 34.7. The number of sulfonamides is 1. The van der Waals surface area contributed by atoms with Crippen LogP contribution in [0.15, 0.2) is 41.3 Å². The molecule has 3 rings (SSSR count). The number of thiazole rings is 1. The quantitative estimate of drug-likeness (QED) is 0.651. The minimum atomic E-state index is -3.96. The Morgan fingerprint density at radius 3 is 2.70 bits per heavy atom. The van der Waals surface area contributed by atoms with Crippen LogP contribution in [0.5, 0.6) is 5.75 Å². The zero-order valence-corrected chi connectivity index (χ0v) is 16.7. The first-order valence-electron chi connectivity index (χ1n) is 8.23. The molecule has 1 aromatic heterocycles. The molecule has 0 aliphatic heterocycles. The van der Waals surface area contributed by atoms with Crippen molar-refractivity contribution >= 4 is 48.3 Å². The number of hydrogen-bond donors (Lipinski definition) is 2. The Labute approximate surface area is 161 Å². The molecule has 0 saturated heterocycles. The van der Waals surface area contributed by atoms with Gasteiger partial charge >= 0.3 is 0 Å². The highest BCUT2D eigenvalue weighted by atomic mass is 32.2. The molecule has 0 radical (unpaired) electrons. The molecule has 1 amide bonds. The molecule has 142 valence electrons. The number of fused-ring (bicyclic) bond motifs is 1. The van der Waals surface area contributed by atoms with Gasteiger partial charge in [-0.25, -0.2) is 13.4 Å². The minimum Gasteiger partial charge on any atom is -0.492 e. The smallest absolute Gasteiger partial charge is 0.267 e. The first-order valence-corrected chi connectivity index (χ1v) is 10.5. The van der Waals surface area contributed by atoms with Crippen LogP contribution in [0.3, 0.4) is 0 Å². The summed E-state index contributed by atoms with van der Waals surface area (Å²) in [6, 6.07) is 10.2. The number of nitrogens with one attached hydrogen (secondary N) is 2. The van der Waals surface area contributed by atoms with Gasteiger partial charge in [0.15, 0.2) is 5.13 Å². The molecule has 2 N–H and O–H groups in total. The Morgan fingerprint density at radius 2 is 2.00 bits per heavy atom. The lowest BCUT2D eigenvalue weighted by molar-refractivity contribution is -0.114. The van der Waals surface area contributed by atoms with Crippen molar-refractivity contribution in [3.63, 3.8) is 0 Å². The lowest BCUT2D eigenvalue weighted by Crippen LogP contribution is -2.15. The molecule has 3 aromatic rings. The maximum atomic E-state index is 12.9. The van der Waals surface area contributed by atoms with E-state index in [1.54, 1.807) is 13.0 Å². The van der Waals surface area contributed by atoms with Gasteiger partial charge in [-0.15, -0.1) is 0 Å². The lowest BCUT2D eigenvalue weighted by Gasteiger charge is -2.13. The van der Waals surface area contributed by atoms with E-state index in [9.17, 15) is 13.2 Å². The van der Waals surface area contributed by atoms with Crippen molar-refractivity contribution in [3.8, 4) is 5.75 Å². The van der Waals surface area contributed by atoms with Gasteiger partial charge in [-0.05, 0) is 49.7 Å². The average Bonchev–Trinajstić information content (AvgIpc) is 2.96. The molecule has 2 aromatic carbocycles. The zero-order chi connectivity index (χ0) is 19.6. The Bertz CT molecular complexity index is 1110. The lowest BCUT2D eigenvalue weighted by atomic mass is 10.2. The largest absolute Gasteiger partial charge is 0.492 e. The van der Waals surface area contributed by atoms with Crippen LogP contribution in [-0.2, 0) is 14.8 Å². The number of benzene rings is 2. The summed E-state index contributed by atoms with van der Waals surface area (Å²) in [6.45, 7) is 5.39. The van der Waals surface area contributed by atoms with E-state index in [1.807, 2.05) is 25.1 Å². The van der Waals surface area contributed by atoms with Crippen LogP contribution < -0.4 is 14.8 Å². The highest BCUT2D eigenvalue weighted by Crippen LogP contribution is 2.32. The summed E-state index contributed by atoms with van der Waals surface area (Å²) in [5.74, 6) is -0.0898. The number of hydrogen-bond acceptors (Lipinski definition) is 6. The van der Waals surface area contributed by atoms with E-state index >= 15 is 0 Å². The third kappa shape index (κ3) is 4.37. The molecule has 0 unspecified atom stereocenters. The fourth-order valence-corrected chi connectivity index (χ4v) is 4.89. The molecule has 1 heterocycles. The normalized spacial score (nSPS) is 11.4. The van der Waals surface area contributed by atoms with E-state index in [-0.39, 0.29) is 21.7 Å². The van der Waals surface area contributed by atoms with Gasteiger partial charge in [0, 0.05) is 12.6 Å². The predicted molar refractivity (Wildman–Crippen MR) is 107 cm³/mol. The number of nitrogens with zero attached hydrogens (tertiary/aromatic N) is 1. The molecule has 0 fully saturated rings. The number of aromatic nitrogens is 1. The fourth-order valence-electron chi connectivity index (χ4n) is 2.52. The Kier molecular flexibility index (Phi) is 5.33. The molecular weight excluding hydrogens is 386 g/mol. The van der Waals surface area contributed by atoms with Gasteiger partial charge < -0.3 is 10.1 Å². The standard InChI is InChI=1S/C18H19N3O4S2/c1-4-25-15-8-6-13(19-12(3)22)10-17(15)27(23,24)21-18-20-14-7-5-11(2)9-16(14)26-18/h5-10H,4H2,1-3H3,(H,19,22)(H,20,21). The second kappa shape index (κ2) is 7.53. The predicted octanol–water partition coefficient (Wildman–Crippen LogP) is 3.76. The monoisotopic (exact) mass is 405 g/mol. The van der Waals surface area contributed by atoms with Crippen LogP contribution >= 0.6 is 11.3 Å². The molecule has 0 aliphatic carbocycles. The fraction of sp³-hybridized carbons (Fsp3) is 0.222. The van der Waals surface area contributed by atoms with Gasteiger partial charge in [0.2, 0.25) is 5.91 Å². The van der Waals surface area contributed by atoms with Crippen LogP contribution in [-0.4, -0.2) is 25.9 Å². The van der Waals surface area contributed by atoms with Gasteiger partial charge in [0.05, 0.1) is 16.8 Å². The number of amides is 1. The van der Waals surface area contributed by atoms with E-state index in [4.69, 9.17) is 4.74 Å². The number of carbonyl (C=O) groups is 1. The van der Waals surface area contributed by atoms with Crippen molar-refractivity contribution in [1.29, 1.82) is 0 Å². The van der Waals surface area contributed by atoms with Gasteiger partial charge in [-0.2, -0.15) is 0 Å². The van der Waals surface area contributed by atoms with Gasteiger partial charge in [0.25, 0.3) is 10.0 Å². The number of ether oxygens (including phenoxy) is 1. The van der Waals surface area contributed by atoms with Crippen LogP contribution in [0.2, 0.25) is 0 Å². The average molecular weight is 406 g/mol. The minimum absolute atomic E-state index is 0.0639. The highest BCUT2D eigenvalue weighted by molar-refractivity contribution is 7.93. The third-order valence-electron chi connectivity index (χ3n) is 3.62. The summed E-state index contributed by atoms with van der Waals surface area (Å²) in [6.07, 6.45) is 0. The van der Waals surface area contributed by atoms with Crippen LogP contribution in [0.1, 0.15) is 19.4 Å². The van der Waals surface area contributed by atoms with Crippen LogP contribution in [0.4, 0.5) is 10.8 Å². The van der Waals surface area contributed by atoms with Crippen molar-refractivity contribution < 1.29 is 17.9 Å². The number of aryl methyl sites for hydroxylation is 1. The summed E-state index contributed by atoms with van der Waals surface area (Å²) in [5.41, 5.74) is 2.16. The van der Waals surface area contributed by atoms with Crippen molar-refractivity contribution in [1.82, 2.24) is 4.98 Å². The van der Waals surface area contributed by atoms with Crippen molar-refractivity contribution in [3.05, 3.63) is 42.0 Å². The highest BCUT2D eigenvalue weighted by Gasteiger charge is 2.22. The molecule has 0 spiro atoms. The summed E-state index contributed by atoms with van der Waals surface area (Å²) in [5, 5.41) is 2.85. The Balaban J connectivity index is 1.99. The second-order valence-corrected chi connectivity index (χ2v) is 8.55. The van der Waals surface area contributed by atoms with Crippen molar-refractivity contribution in [2.24, 2.45) is 0 Å². The van der Waals surface area contributed by atoms with Crippen molar-refractivity contribution in [2.75, 3.05) is 16.6 Å². The Morgan fingerprint density at radius 1 is 1.22 bits per heavy atom. The summed E-state index contributed by atoms with van der Waals surface area (Å²) >= 11 is 1.26. The summed E-state index contributed by atoms with van der Waals surface area (Å²) in [4.78, 5) is 15.6. The second-order valence-electron chi connectivity index (χ2n) is 5.87. The topological polar surface area (TPSA) is 97.4 Å². The SMILES string of the molecule is CCOc1ccc(NC(C)=O)cc1S(=O)(=O)Nc1nc2ccc(C)cc2s1. The van der Waals surface area contributed by atoms with E-state index in [2.05, 4.69) is 15.0 Å².